The quantitative estimate of drug-likeness (QED) is 0.552. The van der Waals surface area contributed by atoms with Gasteiger partial charge in [-0.25, -0.2) is 0 Å². The van der Waals surface area contributed by atoms with Gasteiger partial charge in [0, 0.05) is 4.90 Å². The van der Waals surface area contributed by atoms with Crippen LogP contribution >= 0.6 is 11.8 Å². The Morgan fingerprint density at radius 2 is 1.12 bits per heavy atom. The lowest BCUT2D eigenvalue weighted by Gasteiger charge is -2.15. The number of hydrogen-bond donors (Lipinski definition) is 0. The zero-order valence-electron chi connectivity index (χ0n) is 14.1. The molecule has 3 aromatic rings. The third-order valence-electron chi connectivity index (χ3n) is 3.98. The Kier molecular flexibility index (Phi) is 5.11. The number of benzene rings is 3. The van der Waals surface area contributed by atoms with E-state index in [1.54, 1.807) is 26.0 Å². The van der Waals surface area contributed by atoms with E-state index in [2.05, 4.69) is 48.7 Å². The second-order valence-electron chi connectivity index (χ2n) is 5.35. The fourth-order valence-electron chi connectivity index (χ4n) is 2.79. The molecule has 0 bridgehead atoms. The number of ether oxygens (including phenoxy) is 2. The van der Waals surface area contributed by atoms with Gasteiger partial charge >= 0.3 is 0 Å². The molecule has 0 aromatic heterocycles. The van der Waals surface area contributed by atoms with Gasteiger partial charge in [0.2, 0.25) is 0 Å². The highest BCUT2D eigenvalue weighted by molar-refractivity contribution is 7.98. The van der Waals surface area contributed by atoms with Gasteiger partial charge in [-0.2, -0.15) is 0 Å². The van der Waals surface area contributed by atoms with E-state index in [1.807, 2.05) is 24.3 Å². The normalized spacial score (nSPS) is 10.5. The van der Waals surface area contributed by atoms with Gasteiger partial charge in [0.05, 0.1) is 14.2 Å². The first kappa shape index (κ1) is 16.5. The minimum absolute atomic E-state index is 0.867. The molecule has 0 N–H and O–H groups in total. The molecule has 0 aliphatic heterocycles. The predicted molar refractivity (Wildman–Crippen MR) is 102 cm³/mol. The first-order chi connectivity index (χ1) is 11.8. The number of thioether (sulfide) groups is 1. The molecule has 3 aromatic carbocycles. The molecule has 0 aliphatic rings. The van der Waals surface area contributed by atoms with Crippen molar-refractivity contribution in [2.24, 2.45) is 0 Å². The third kappa shape index (κ3) is 3.26. The SMILES string of the molecule is COc1cccc(-c2cccc(-c3cccc(OC)c3)c2SC)c1. The van der Waals surface area contributed by atoms with Crippen LogP contribution < -0.4 is 9.47 Å². The summed E-state index contributed by atoms with van der Waals surface area (Å²) in [7, 11) is 3.39. The second-order valence-corrected chi connectivity index (χ2v) is 6.17. The molecule has 3 rings (SSSR count). The molecule has 0 aliphatic carbocycles. The van der Waals surface area contributed by atoms with E-state index in [9.17, 15) is 0 Å². The molecule has 0 unspecified atom stereocenters. The number of hydrogen-bond acceptors (Lipinski definition) is 3. The van der Waals surface area contributed by atoms with E-state index in [1.165, 1.54) is 16.0 Å². The number of methoxy groups -OCH3 is 2. The average Bonchev–Trinajstić information content (AvgIpc) is 2.67. The highest BCUT2D eigenvalue weighted by atomic mass is 32.2. The summed E-state index contributed by atoms with van der Waals surface area (Å²) in [6.45, 7) is 0. The van der Waals surface area contributed by atoms with Gasteiger partial charge in [-0.15, -0.1) is 11.8 Å². The van der Waals surface area contributed by atoms with Crippen molar-refractivity contribution in [2.75, 3.05) is 20.5 Å². The van der Waals surface area contributed by atoms with Crippen molar-refractivity contribution in [3.8, 4) is 33.8 Å². The van der Waals surface area contributed by atoms with Crippen LogP contribution in [0.2, 0.25) is 0 Å². The first-order valence-corrected chi connectivity index (χ1v) is 8.95. The summed E-state index contributed by atoms with van der Waals surface area (Å²) in [5, 5.41) is 0. The van der Waals surface area contributed by atoms with Gasteiger partial charge in [0.15, 0.2) is 0 Å². The minimum atomic E-state index is 0.867. The minimum Gasteiger partial charge on any atom is -0.497 e. The van der Waals surface area contributed by atoms with Crippen LogP contribution in [-0.2, 0) is 0 Å². The lowest BCUT2D eigenvalue weighted by atomic mass is 9.98. The number of rotatable bonds is 5. The highest BCUT2D eigenvalue weighted by Crippen LogP contribution is 2.39. The molecule has 0 spiro atoms. The smallest absolute Gasteiger partial charge is 0.119 e. The van der Waals surface area contributed by atoms with E-state index in [4.69, 9.17) is 9.47 Å². The van der Waals surface area contributed by atoms with Crippen molar-refractivity contribution in [1.29, 1.82) is 0 Å². The molecule has 2 nitrogen and oxygen atoms in total. The van der Waals surface area contributed by atoms with Crippen LogP contribution in [0.15, 0.2) is 71.6 Å². The summed E-state index contributed by atoms with van der Waals surface area (Å²) in [6, 6.07) is 22.8. The summed E-state index contributed by atoms with van der Waals surface area (Å²) in [5.74, 6) is 1.73. The van der Waals surface area contributed by atoms with Crippen LogP contribution in [0, 0.1) is 0 Å². The molecule has 0 saturated carbocycles. The predicted octanol–water partition coefficient (Wildman–Crippen LogP) is 5.76. The second kappa shape index (κ2) is 7.45. The van der Waals surface area contributed by atoms with E-state index in [-0.39, 0.29) is 0 Å². The van der Waals surface area contributed by atoms with E-state index in [0.29, 0.717) is 0 Å². The molecule has 24 heavy (non-hydrogen) atoms. The molecular weight excluding hydrogens is 316 g/mol. The molecule has 0 heterocycles. The maximum absolute atomic E-state index is 5.37. The van der Waals surface area contributed by atoms with Crippen LogP contribution in [0.5, 0.6) is 11.5 Å². The zero-order chi connectivity index (χ0) is 16.9. The monoisotopic (exact) mass is 336 g/mol. The largest absolute Gasteiger partial charge is 0.497 e. The Balaban J connectivity index is 2.15. The van der Waals surface area contributed by atoms with E-state index < -0.39 is 0 Å². The Labute approximate surface area is 147 Å². The summed E-state index contributed by atoms with van der Waals surface area (Å²) in [6.07, 6.45) is 2.11. The molecule has 0 atom stereocenters. The van der Waals surface area contributed by atoms with Gasteiger partial charge < -0.3 is 9.47 Å². The Morgan fingerprint density at radius 1 is 0.667 bits per heavy atom. The van der Waals surface area contributed by atoms with Gasteiger partial charge in [-0.05, 0) is 52.8 Å². The maximum Gasteiger partial charge on any atom is 0.119 e. The van der Waals surface area contributed by atoms with Crippen molar-refractivity contribution in [3.63, 3.8) is 0 Å². The average molecular weight is 336 g/mol. The third-order valence-corrected chi connectivity index (χ3v) is 4.83. The van der Waals surface area contributed by atoms with Gasteiger partial charge in [-0.1, -0.05) is 42.5 Å². The Hall–Kier alpha value is -2.39. The standard InChI is InChI=1S/C21H20O2S/c1-22-17-9-4-7-15(13-17)19-11-6-12-20(21(19)24-3)16-8-5-10-18(14-16)23-2/h4-14H,1-3H3. The van der Waals surface area contributed by atoms with Gasteiger partial charge in [0.25, 0.3) is 0 Å². The fourth-order valence-corrected chi connectivity index (χ4v) is 3.60. The summed E-state index contributed by atoms with van der Waals surface area (Å²) >= 11 is 1.76. The van der Waals surface area contributed by atoms with E-state index in [0.717, 1.165) is 22.6 Å². The Bertz CT molecular complexity index is 777. The first-order valence-electron chi connectivity index (χ1n) is 7.72. The van der Waals surface area contributed by atoms with E-state index >= 15 is 0 Å². The van der Waals surface area contributed by atoms with Crippen LogP contribution in [0.25, 0.3) is 22.3 Å². The van der Waals surface area contributed by atoms with Crippen molar-refractivity contribution in [2.45, 2.75) is 4.90 Å². The fraction of sp³-hybridized carbons (Fsp3) is 0.143. The Morgan fingerprint density at radius 3 is 1.54 bits per heavy atom. The lowest BCUT2D eigenvalue weighted by Crippen LogP contribution is -1.90. The van der Waals surface area contributed by atoms with Crippen molar-refractivity contribution < 1.29 is 9.47 Å². The molecule has 0 amide bonds. The van der Waals surface area contributed by atoms with Gasteiger partial charge in [0.1, 0.15) is 11.5 Å². The molecule has 0 fully saturated rings. The van der Waals surface area contributed by atoms with Crippen LogP contribution in [0.1, 0.15) is 0 Å². The van der Waals surface area contributed by atoms with Crippen molar-refractivity contribution in [1.82, 2.24) is 0 Å². The van der Waals surface area contributed by atoms with Crippen molar-refractivity contribution >= 4 is 11.8 Å². The van der Waals surface area contributed by atoms with Crippen molar-refractivity contribution in [3.05, 3.63) is 66.7 Å². The van der Waals surface area contributed by atoms with Crippen LogP contribution in [0.4, 0.5) is 0 Å². The van der Waals surface area contributed by atoms with Crippen LogP contribution in [-0.4, -0.2) is 20.5 Å². The maximum atomic E-state index is 5.37. The summed E-state index contributed by atoms with van der Waals surface area (Å²) < 4.78 is 10.7. The molecule has 122 valence electrons. The molecular formula is C21H20O2S. The lowest BCUT2D eigenvalue weighted by molar-refractivity contribution is 0.415. The molecule has 0 radical (unpaired) electrons. The highest BCUT2D eigenvalue weighted by Gasteiger charge is 2.12. The van der Waals surface area contributed by atoms with Gasteiger partial charge in [-0.3, -0.25) is 0 Å². The molecule has 3 heteroatoms. The zero-order valence-corrected chi connectivity index (χ0v) is 14.9. The topological polar surface area (TPSA) is 18.5 Å². The summed E-state index contributed by atoms with van der Waals surface area (Å²) in [5.41, 5.74) is 4.73. The summed E-state index contributed by atoms with van der Waals surface area (Å²) in [4.78, 5) is 1.25. The molecule has 0 saturated heterocycles. The van der Waals surface area contributed by atoms with Crippen LogP contribution in [0.3, 0.4) is 0 Å².